The molecule has 3 amide bonds. The second-order valence-corrected chi connectivity index (χ2v) is 12.4. The Morgan fingerprint density at radius 2 is 1.68 bits per heavy atom. The average molecular weight is 612 g/mol. The van der Waals surface area contributed by atoms with E-state index in [9.17, 15) is 24.3 Å². The first-order valence-electron chi connectivity index (χ1n) is 15.7. The van der Waals surface area contributed by atoms with Crippen LogP contribution < -0.4 is 20.9 Å². The Morgan fingerprint density at radius 3 is 2.27 bits per heavy atom. The fourth-order valence-corrected chi connectivity index (χ4v) is 5.81. The van der Waals surface area contributed by atoms with E-state index in [0.29, 0.717) is 38.3 Å². The van der Waals surface area contributed by atoms with Crippen molar-refractivity contribution in [2.75, 3.05) is 57.4 Å². The highest BCUT2D eigenvalue weighted by Crippen LogP contribution is 2.32. The lowest BCUT2D eigenvalue weighted by atomic mass is 9.93. The minimum atomic E-state index is -1.42. The molecule has 0 aromatic heterocycles. The van der Waals surface area contributed by atoms with Crippen LogP contribution in [0, 0.1) is 0 Å². The van der Waals surface area contributed by atoms with Gasteiger partial charge in [-0.25, -0.2) is 0 Å². The first-order chi connectivity index (χ1) is 21.1. The molecule has 1 aliphatic carbocycles. The van der Waals surface area contributed by atoms with Gasteiger partial charge in [0, 0.05) is 31.9 Å². The second-order valence-electron chi connectivity index (χ2n) is 12.4. The van der Waals surface area contributed by atoms with Crippen LogP contribution in [0.25, 0.3) is 0 Å². The molecule has 0 bridgehead atoms. The molecule has 5 rings (SSSR count). The highest BCUT2D eigenvalue weighted by molar-refractivity contribution is 5.98. The third-order valence-electron chi connectivity index (χ3n) is 8.93. The van der Waals surface area contributed by atoms with Crippen LogP contribution >= 0.6 is 0 Å². The highest BCUT2D eigenvalue weighted by atomic mass is 16.6. The zero-order valence-corrected chi connectivity index (χ0v) is 25.7. The third kappa shape index (κ3) is 8.03. The average Bonchev–Trinajstić information content (AvgIpc) is 3.52. The molecule has 3 saturated heterocycles. The van der Waals surface area contributed by atoms with Crippen LogP contribution in [0.1, 0.15) is 57.6 Å². The first-order valence-corrected chi connectivity index (χ1v) is 15.7. The number of hydrogen-bond acceptors (Lipinski definition) is 9. The number of aliphatic hydroxyl groups is 1. The number of allylic oxidation sites excluding steroid dienone is 1. The molecule has 3 fully saturated rings. The Bertz CT molecular complexity index is 1240. The summed E-state index contributed by atoms with van der Waals surface area (Å²) in [4.78, 5) is 57.4. The summed E-state index contributed by atoms with van der Waals surface area (Å²) in [6.45, 7) is 7.90. The predicted octanol–water partition coefficient (Wildman–Crippen LogP) is 0.595. The Morgan fingerprint density at radius 1 is 0.977 bits per heavy atom. The number of amides is 3. The van der Waals surface area contributed by atoms with E-state index in [1.165, 1.54) is 6.92 Å². The zero-order valence-electron chi connectivity index (χ0n) is 25.7. The fourth-order valence-electron chi connectivity index (χ4n) is 5.81. The number of carbonyl (C=O) groups is 4. The van der Waals surface area contributed by atoms with Gasteiger partial charge in [0.1, 0.15) is 23.8 Å². The molecule has 3 aliphatic heterocycles. The monoisotopic (exact) mass is 611 g/mol. The molecule has 12 heteroatoms. The fraction of sp³-hybridized carbons (Fsp3) is 0.625. The number of benzene rings is 1. The number of rotatable bonds is 14. The van der Waals surface area contributed by atoms with Crippen LogP contribution in [0.5, 0.6) is 0 Å². The van der Waals surface area contributed by atoms with Crippen molar-refractivity contribution >= 4 is 29.2 Å². The summed E-state index contributed by atoms with van der Waals surface area (Å²) in [5.74, 6) is -1.88. The molecule has 0 spiro atoms. The van der Waals surface area contributed by atoms with Crippen LogP contribution in [0.3, 0.4) is 0 Å². The highest BCUT2D eigenvalue weighted by Gasteiger charge is 2.50. The number of ether oxygens (including phenoxy) is 2. The SMILES string of the molecule is C[C@H](NC(=O)CN1CCOCC1)C(=O)N[C@H](C(=O)N[C@@H](CC1=CCCC1)C(=O)[C@@]1(C)CO1)[C@H](O)c1ccc(N2CCC2)cc1. The summed E-state index contributed by atoms with van der Waals surface area (Å²) >= 11 is 0. The summed E-state index contributed by atoms with van der Waals surface area (Å²) in [6, 6.07) is 3.98. The molecule has 240 valence electrons. The Labute approximate surface area is 258 Å². The van der Waals surface area contributed by atoms with Crippen LogP contribution in [0.4, 0.5) is 5.69 Å². The summed E-state index contributed by atoms with van der Waals surface area (Å²) in [7, 11) is 0. The standard InChI is InChI=1S/C32H45N5O7/c1-21(33-26(38)19-36-14-16-43-17-15-36)30(41)35-27(28(39)23-8-10-24(11-9-23)37-12-5-13-37)31(42)34-25(18-22-6-3-4-7-22)29(40)32(2)20-44-32/h6,8-11,21,25,27-28,39H,3-5,7,12-20H2,1-2H3,(H,33,38)(H,34,42)(H,35,41)/t21-,25-,27-,28+,32+/m0/s1. The molecule has 1 aromatic carbocycles. The van der Waals surface area contributed by atoms with Crippen LogP contribution in [-0.4, -0.2) is 110 Å². The summed E-state index contributed by atoms with van der Waals surface area (Å²) in [5.41, 5.74) is 1.59. The van der Waals surface area contributed by atoms with Gasteiger partial charge in [-0.2, -0.15) is 0 Å². The summed E-state index contributed by atoms with van der Waals surface area (Å²) in [5, 5.41) is 19.6. The van der Waals surface area contributed by atoms with Gasteiger partial charge in [0.2, 0.25) is 17.7 Å². The number of anilines is 1. The van der Waals surface area contributed by atoms with Gasteiger partial charge < -0.3 is 35.4 Å². The first kappa shape index (κ1) is 32.1. The number of carbonyl (C=O) groups excluding carboxylic acids is 4. The van der Waals surface area contributed by atoms with Crippen LogP contribution in [0.2, 0.25) is 0 Å². The zero-order chi connectivity index (χ0) is 31.3. The lowest BCUT2D eigenvalue weighted by molar-refractivity contribution is -0.136. The molecule has 5 atom stereocenters. The van der Waals surface area contributed by atoms with Crippen molar-refractivity contribution in [1.29, 1.82) is 0 Å². The third-order valence-corrected chi connectivity index (χ3v) is 8.93. The van der Waals surface area contributed by atoms with Crippen LogP contribution in [-0.2, 0) is 28.7 Å². The van der Waals surface area contributed by atoms with Gasteiger partial charge in [-0.05, 0) is 63.6 Å². The van der Waals surface area contributed by atoms with Crippen LogP contribution in [0.15, 0.2) is 35.9 Å². The Kier molecular flexibility index (Phi) is 10.3. The van der Waals surface area contributed by atoms with Crippen molar-refractivity contribution in [3.05, 3.63) is 41.5 Å². The summed E-state index contributed by atoms with van der Waals surface area (Å²) < 4.78 is 10.7. The maximum absolute atomic E-state index is 13.9. The van der Waals surface area contributed by atoms with E-state index in [2.05, 4.69) is 26.9 Å². The Hall–Kier alpha value is -3.32. The lowest BCUT2D eigenvalue weighted by Gasteiger charge is -2.33. The quantitative estimate of drug-likeness (QED) is 0.175. The molecule has 4 N–H and O–H groups in total. The van der Waals surface area contributed by atoms with Crippen molar-refractivity contribution in [2.45, 2.75) is 75.8 Å². The molecule has 1 aromatic rings. The Balaban J connectivity index is 1.30. The van der Waals surface area contributed by atoms with E-state index in [0.717, 1.165) is 50.0 Å². The number of ketones is 1. The molecule has 12 nitrogen and oxygen atoms in total. The van der Waals surface area contributed by atoms with Gasteiger partial charge in [0.25, 0.3) is 0 Å². The van der Waals surface area contributed by atoms with Gasteiger partial charge in [-0.3, -0.25) is 24.1 Å². The summed E-state index contributed by atoms with van der Waals surface area (Å²) in [6.07, 6.45) is 4.94. The lowest BCUT2D eigenvalue weighted by Crippen LogP contribution is -2.58. The molecule has 0 saturated carbocycles. The van der Waals surface area contributed by atoms with Gasteiger partial charge >= 0.3 is 0 Å². The van der Waals surface area contributed by atoms with Crippen molar-refractivity contribution in [3.63, 3.8) is 0 Å². The van der Waals surface area contributed by atoms with E-state index in [1.54, 1.807) is 19.1 Å². The van der Waals surface area contributed by atoms with Crippen molar-refractivity contribution in [2.24, 2.45) is 0 Å². The molecule has 4 aliphatic rings. The maximum Gasteiger partial charge on any atom is 0.246 e. The number of epoxide rings is 1. The van der Waals surface area contributed by atoms with Gasteiger partial charge in [-0.1, -0.05) is 23.8 Å². The largest absolute Gasteiger partial charge is 0.386 e. The topological polar surface area (TPSA) is 153 Å². The van der Waals surface area contributed by atoms with E-state index < -0.39 is 41.6 Å². The van der Waals surface area contributed by atoms with E-state index in [4.69, 9.17) is 9.47 Å². The van der Waals surface area contributed by atoms with Crippen molar-refractivity contribution < 1.29 is 33.8 Å². The normalized spacial score (nSPS) is 24.2. The maximum atomic E-state index is 13.9. The molecule has 3 heterocycles. The number of nitrogens with one attached hydrogen (secondary N) is 3. The number of nitrogens with zero attached hydrogens (tertiary/aromatic N) is 2. The minimum absolute atomic E-state index is 0.122. The number of aliphatic hydroxyl groups excluding tert-OH is 1. The van der Waals surface area contributed by atoms with Gasteiger partial charge in [0.05, 0.1) is 32.4 Å². The number of Topliss-reactive ketones (excluding diaryl/α,β-unsaturated/α-hetero) is 1. The molecule has 0 unspecified atom stereocenters. The van der Waals surface area contributed by atoms with Crippen molar-refractivity contribution in [1.82, 2.24) is 20.9 Å². The molecule has 44 heavy (non-hydrogen) atoms. The molecular formula is C32H45N5O7. The molecular weight excluding hydrogens is 566 g/mol. The van der Waals surface area contributed by atoms with Crippen molar-refractivity contribution in [3.8, 4) is 0 Å². The van der Waals surface area contributed by atoms with E-state index >= 15 is 0 Å². The minimum Gasteiger partial charge on any atom is -0.386 e. The van der Waals surface area contributed by atoms with E-state index in [1.807, 2.05) is 17.0 Å². The predicted molar refractivity (Wildman–Crippen MR) is 163 cm³/mol. The second kappa shape index (κ2) is 14.2. The van der Waals surface area contributed by atoms with E-state index in [-0.39, 0.29) is 24.8 Å². The number of hydrogen-bond donors (Lipinski definition) is 4. The van der Waals surface area contributed by atoms with Gasteiger partial charge in [-0.15, -0.1) is 0 Å². The number of morpholine rings is 1. The molecule has 0 radical (unpaired) electrons. The smallest absolute Gasteiger partial charge is 0.246 e. The van der Waals surface area contributed by atoms with Gasteiger partial charge in [0.15, 0.2) is 5.78 Å².